The number of rotatable bonds is 2. The first-order chi connectivity index (χ1) is 5.05. The Hall–Kier alpha value is -0.160. The lowest BCUT2D eigenvalue weighted by Gasteiger charge is -2.12. The highest BCUT2D eigenvalue weighted by atomic mass is 32.3. The lowest BCUT2D eigenvalue weighted by molar-refractivity contribution is 0.110. The molecule has 1 saturated carbocycles. The fourth-order valence-corrected chi connectivity index (χ4v) is 2.54. The summed E-state index contributed by atoms with van der Waals surface area (Å²) in [6.45, 7) is 0. The van der Waals surface area contributed by atoms with Crippen molar-refractivity contribution >= 4 is 10.2 Å². The van der Waals surface area contributed by atoms with E-state index in [9.17, 15) is 12.3 Å². The summed E-state index contributed by atoms with van der Waals surface area (Å²) < 4.78 is 38.2. The number of methoxy groups -OCH3 is 1. The number of halogens is 1. The smallest absolute Gasteiger partial charge is 0.307 e. The Morgan fingerprint density at radius 1 is 1.45 bits per heavy atom. The van der Waals surface area contributed by atoms with Gasteiger partial charge in [-0.25, -0.2) is 0 Å². The maximum Gasteiger partial charge on any atom is 0.307 e. The van der Waals surface area contributed by atoms with Gasteiger partial charge in [0.15, 0.2) is 0 Å². The summed E-state index contributed by atoms with van der Waals surface area (Å²) in [5, 5.41) is -0.924. The molecule has 3 nitrogen and oxygen atoms in total. The van der Waals surface area contributed by atoms with Gasteiger partial charge in [0.05, 0.1) is 6.10 Å². The van der Waals surface area contributed by atoms with Crippen LogP contribution in [0.15, 0.2) is 0 Å². The number of hydrogen-bond donors (Lipinski definition) is 0. The van der Waals surface area contributed by atoms with Crippen LogP contribution >= 0.6 is 0 Å². The molecule has 0 heterocycles. The molecule has 0 saturated heterocycles. The standard InChI is InChI=1S/C6H11FO3S/c1-10-5-3-2-4-6(5)11(7,8)9/h5-6H,2-4H2,1H3/t5-,6+/m0/s1. The van der Waals surface area contributed by atoms with Crippen molar-refractivity contribution in [2.45, 2.75) is 30.6 Å². The van der Waals surface area contributed by atoms with Crippen LogP contribution in [0, 0.1) is 0 Å². The highest BCUT2D eigenvalue weighted by molar-refractivity contribution is 7.87. The normalized spacial score (nSPS) is 32.5. The summed E-state index contributed by atoms with van der Waals surface area (Å²) in [5.74, 6) is 0. The Bertz CT molecular complexity index is 224. The van der Waals surface area contributed by atoms with Gasteiger partial charge in [0.1, 0.15) is 5.25 Å². The van der Waals surface area contributed by atoms with Crippen LogP contribution in [0.1, 0.15) is 19.3 Å². The third-order valence-corrected chi connectivity index (χ3v) is 3.32. The molecule has 11 heavy (non-hydrogen) atoms. The first kappa shape index (κ1) is 8.93. The summed E-state index contributed by atoms with van der Waals surface area (Å²) in [7, 11) is -2.98. The van der Waals surface area contributed by atoms with Crippen LogP contribution in [-0.4, -0.2) is 26.9 Å². The molecule has 0 radical (unpaired) electrons. The second-order valence-electron chi connectivity index (χ2n) is 2.72. The number of hydrogen-bond acceptors (Lipinski definition) is 3. The monoisotopic (exact) mass is 182 g/mol. The number of ether oxygens (including phenoxy) is 1. The van der Waals surface area contributed by atoms with Gasteiger partial charge in [0.2, 0.25) is 0 Å². The van der Waals surface area contributed by atoms with E-state index in [1.807, 2.05) is 0 Å². The molecule has 1 aliphatic rings. The summed E-state index contributed by atoms with van der Waals surface area (Å²) >= 11 is 0. The molecular weight excluding hydrogens is 171 g/mol. The Labute approximate surface area is 65.8 Å². The van der Waals surface area contributed by atoms with Crippen molar-refractivity contribution in [3.8, 4) is 0 Å². The highest BCUT2D eigenvalue weighted by Gasteiger charge is 2.37. The van der Waals surface area contributed by atoms with Gasteiger partial charge in [-0.15, -0.1) is 3.89 Å². The van der Waals surface area contributed by atoms with Gasteiger partial charge >= 0.3 is 10.2 Å². The van der Waals surface area contributed by atoms with Crippen LogP contribution in [-0.2, 0) is 15.0 Å². The van der Waals surface area contributed by atoms with Gasteiger partial charge in [-0.1, -0.05) is 0 Å². The van der Waals surface area contributed by atoms with E-state index < -0.39 is 21.6 Å². The first-order valence-electron chi connectivity index (χ1n) is 3.52. The summed E-state index contributed by atoms with van der Waals surface area (Å²) in [4.78, 5) is 0. The summed E-state index contributed by atoms with van der Waals surface area (Å²) in [6, 6.07) is 0. The molecule has 0 aromatic carbocycles. The minimum Gasteiger partial charge on any atom is -0.380 e. The van der Waals surface area contributed by atoms with Crippen molar-refractivity contribution < 1.29 is 17.0 Å². The van der Waals surface area contributed by atoms with Crippen molar-refractivity contribution in [3.63, 3.8) is 0 Å². The lowest BCUT2D eigenvalue weighted by atomic mass is 10.3. The fraction of sp³-hybridized carbons (Fsp3) is 1.00. The van der Waals surface area contributed by atoms with Gasteiger partial charge in [0.25, 0.3) is 0 Å². The van der Waals surface area contributed by atoms with E-state index in [-0.39, 0.29) is 0 Å². The largest absolute Gasteiger partial charge is 0.380 e. The molecule has 2 atom stereocenters. The maximum atomic E-state index is 12.4. The van der Waals surface area contributed by atoms with Crippen molar-refractivity contribution in [3.05, 3.63) is 0 Å². The molecule has 0 aliphatic heterocycles. The summed E-state index contributed by atoms with van der Waals surface area (Å²) in [6.07, 6.45) is 1.32. The zero-order valence-corrected chi connectivity index (χ0v) is 7.10. The first-order valence-corrected chi connectivity index (χ1v) is 4.96. The minimum atomic E-state index is -4.39. The van der Waals surface area contributed by atoms with Crippen molar-refractivity contribution in [1.82, 2.24) is 0 Å². The van der Waals surface area contributed by atoms with Crippen molar-refractivity contribution in [2.75, 3.05) is 7.11 Å². The van der Waals surface area contributed by atoms with E-state index in [0.29, 0.717) is 12.8 Å². The van der Waals surface area contributed by atoms with Gasteiger partial charge < -0.3 is 4.74 Å². The molecule has 1 fully saturated rings. The topological polar surface area (TPSA) is 43.4 Å². The minimum absolute atomic E-state index is 0.386. The van der Waals surface area contributed by atoms with Gasteiger partial charge in [0, 0.05) is 7.11 Å². The van der Waals surface area contributed by atoms with E-state index in [2.05, 4.69) is 0 Å². The molecular formula is C6H11FO3S. The van der Waals surface area contributed by atoms with Gasteiger partial charge in [-0.3, -0.25) is 0 Å². The molecule has 66 valence electrons. The predicted molar refractivity (Wildman–Crippen MR) is 38.5 cm³/mol. The molecule has 0 amide bonds. The van der Waals surface area contributed by atoms with Crippen molar-refractivity contribution in [2.24, 2.45) is 0 Å². The Morgan fingerprint density at radius 2 is 2.09 bits per heavy atom. The van der Waals surface area contributed by atoms with E-state index in [0.717, 1.165) is 6.42 Å². The molecule has 0 aromatic heterocycles. The Morgan fingerprint density at radius 3 is 2.45 bits per heavy atom. The SMILES string of the molecule is CO[C@H]1CCC[C@H]1S(=O)(=O)F. The maximum absolute atomic E-state index is 12.4. The lowest BCUT2D eigenvalue weighted by Crippen LogP contribution is -2.27. The van der Waals surface area contributed by atoms with Crippen LogP contribution in [0.4, 0.5) is 3.89 Å². The van der Waals surface area contributed by atoms with E-state index in [1.165, 1.54) is 7.11 Å². The molecule has 0 bridgehead atoms. The highest BCUT2D eigenvalue weighted by Crippen LogP contribution is 2.28. The average Bonchev–Trinajstić information content (AvgIpc) is 2.31. The second kappa shape index (κ2) is 3.06. The summed E-state index contributed by atoms with van der Waals surface area (Å²) in [5.41, 5.74) is 0. The van der Waals surface area contributed by atoms with E-state index in [4.69, 9.17) is 4.74 Å². The fourth-order valence-electron chi connectivity index (χ4n) is 1.48. The van der Waals surface area contributed by atoms with Crippen LogP contribution in [0.3, 0.4) is 0 Å². The quantitative estimate of drug-likeness (QED) is 0.595. The molecule has 5 heteroatoms. The third-order valence-electron chi connectivity index (χ3n) is 2.06. The molecule has 1 rings (SSSR count). The van der Waals surface area contributed by atoms with Gasteiger partial charge in [-0.2, -0.15) is 8.42 Å². The molecule has 1 aliphatic carbocycles. The molecule has 0 spiro atoms. The van der Waals surface area contributed by atoms with Gasteiger partial charge in [-0.05, 0) is 19.3 Å². The van der Waals surface area contributed by atoms with Crippen LogP contribution in [0.2, 0.25) is 0 Å². The Balaban J connectivity index is 2.72. The Kier molecular flexibility index (Phi) is 2.49. The van der Waals surface area contributed by atoms with Crippen LogP contribution < -0.4 is 0 Å². The predicted octanol–water partition coefficient (Wildman–Crippen LogP) is 0.853. The zero-order valence-electron chi connectivity index (χ0n) is 6.29. The molecule has 0 N–H and O–H groups in total. The zero-order chi connectivity index (χ0) is 8.48. The van der Waals surface area contributed by atoms with Crippen molar-refractivity contribution in [1.29, 1.82) is 0 Å². The van der Waals surface area contributed by atoms with E-state index >= 15 is 0 Å². The third kappa shape index (κ3) is 1.90. The van der Waals surface area contributed by atoms with Crippen LogP contribution in [0.25, 0.3) is 0 Å². The average molecular weight is 182 g/mol. The second-order valence-corrected chi connectivity index (χ2v) is 4.28. The van der Waals surface area contributed by atoms with Crippen LogP contribution in [0.5, 0.6) is 0 Å². The molecule has 0 unspecified atom stereocenters. The van der Waals surface area contributed by atoms with E-state index in [1.54, 1.807) is 0 Å². The molecule has 0 aromatic rings.